The summed E-state index contributed by atoms with van der Waals surface area (Å²) in [6.45, 7) is 2.01. The molecule has 0 aliphatic carbocycles. The first-order valence-corrected chi connectivity index (χ1v) is 13.7. The van der Waals surface area contributed by atoms with Crippen LogP contribution in [0.15, 0.2) is 67.0 Å². The highest BCUT2D eigenvalue weighted by Gasteiger charge is 2.17. The Kier molecular flexibility index (Phi) is 8.71. The van der Waals surface area contributed by atoms with Crippen molar-refractivity contribution in [2.45, 2.75) is 6.54 Å². The topological polar surface area (TPSA) is 145 Å². The van der Waals surface area contributed by atoms with Gasteiger partial charge in [-0.15, -0.1) is 11.3 Å². The highest BCUT2D eigenvalue weighted by atomic mass is 32.1. The van der Waals surface area contributed by atoms with E-state index in [4.69, 9.17) is 15.2 Å². The van der Waals surface area contributed by atoms with Crippen LogP contribution in [0, 0.1) is 5.82 Å². The molecule has 216 valence electrons. The third-order valence-corrected chi connectivity index (χ3v) is 7.44. The summed E-state index contributed by atoms with van der Waals surface area (Å²) in [4.78, 5) is 33.5. The summed E-state index contributed by atoms with van der Waals surface area (Å²) in [5, 5.41) is 8.50. The number of carbonyl (C=O) groups excluding carboxylic acids is 2. The number of hydrogen-bond donors (Lipinski definition) is 4. The lowest BCUT2D eigenvalue weighted by Crippen LogP contribution is -2.20. The first-order valence-electron chi connectivity index (χ1n) is 12.9. The van der Waals surface area contributed by atoms with Gasteiger partial charge in [0.25, 0.3) is 0 Å². The quantitative estimate of drug-likeness (QED) is 0.157. The summed E-state index contributed by atoms with van der Waals surface area (Å²) >= 11 is 1.45. The highest BCUT2D eigenvalue weighted by molar-refractivity contribution is 7.22. The van der Waals surface area contributed by atoms with Gasteiger partial charge in [-0.2, -0.15) is 0 Å². The van der Waals surface area contributed by atoms with Crippen LogP contribution in [0.3, 0.4) is 0 Å². The van der Waals surface area contributed by atoms with Crippen LogP contribution >= 0.6 is 11.3 Å². The molecule has 5 N–H and O–H groups in total. The van der Waals surface area contributed by atoms with Crippen molar-refractivity contribution in [1.82, 2.24) is 19.9 Å². The van der Waals surface area contributed by atoms with Crippen molar-refractivity contribution >= 4 is 44.9 Å². The number of aromatic nitrogens is 3. The number of rotatable bonds is 11. The number of hydrogen-bond acceptors (Lipinski definition) is 8. The number of anilines is 2. The summed E-state index contributed by atoms with van der Waals surface area (Å²) in [5.41, 5.74) is 7.94. The zero-order valence-electron chi connectivity index (χ0n) is 22.8. The van der Waals surface area contributed by atoms with Crippen LogP contribution in [0.1, 0.15) is 16.1 Å². The Balaban J connectivity index is 1.27. The number of halogens is 1. The fourth-order valence-corrected chi connectivity index (χ4v) is 5.22. The van der Waals surface area contributed by atoms with Crippen molar-refractivity contribution in [3.05, 3.63) is 84.1 Å². The number of benzene rings is 2. The van der Waals surface area contributed by atoms with Gasteiger partial charge < -0.3 is 35.7 Å². The number of imidazole rings is 1. The van der Waals surface area contributed by atoms with E-state index in [1.165, 1.54) is 53.8 Å². The van der Waals surface area contributed by atoms with Crippen LogP contribution in [-0.4, -0.2) is 46.7 Å². The second kappa shape index (κ2) is 12.8. The molecule has 0 saturated carbocycles. The minimum atomic E-state index is -0.657. The lowest BCUT2D eigenvalue weighted by molar-refractivity contribution is 0.100. The van der Waals surface area contributed by atoms with Crippen LogP contribution < -0.4 is 26.4 Å². The molecule has 0 bridgehead atoms. The van der Waals surface area contributed by atoms with Crippen molar-refractivity contribution in [1.29, 1.82) is 0 Å². The minimum absolute atomic E-state index is 0.00754. The molecule has 13 heteroatoms. The number of thiophene rings is 1. The van der Waals surface area contributed by atoms with Crippen molar-refractivity contribution in [3.63, 3.8) is 0 Å². The first kappa shape index (κ1) is 28.7. The average molecular weight is 590 g/mol. The number of amides is 3. The Morgan fingerprint density at radius 2 is 1.79 bits per heavy atom. The summed E-state index contributed by atoms with van der Waals surface area (Å²) in [6, 6.07) is 13.2. The molecule has 2 aromatic carbocycles. The number of nitrogens with zero attached hydrogens (tertiary/aromatic N) is 3. The molecule has 0 unspecified atom stereocenters. The molecule has 0 atom stereocenters. The van der Waals surface area contributed by atoms with Crippen LogP contribution in [0.25, 0.3) is 20.9 Å². The average Bonchev–Trinajstić information content (AvgIpc) is 3.56. The molecule has 0 spiro atoms. The second-order valence-corrected chi connectivity index (χ2v) is 10.3. The maximum atomic E-state index is 15.0. The van der Waals surface area contributed by atoms with Crippen LogP contribution in [0.5, 0.6) is 11.5 Å². The normalized spacial score (nSPS) is 11.0. The number of ether oxygens (including phenoxy) is 2. The number of pyridine rings is 1. The maximum absolute atomic E-state index is 15.0. The molecule has 0 aliphatic rings. The van der Waals surface area contributed by atoms with E-state index in [0.29, 0.717) is 35.7 Å². The second-order valence-electron chi connectivity index (χ2n) is 9.20. The van der Waals surface area contributed by atoms with Gasteiger partial charge in [0.2, 0.25) is 5.91 Å². The third-order valence-electron chi connectivity index (χ3n) is 6.31. The SMILES string of the molecule is COCCNCc1cnc(-c2cc3nccc(Oc4ccc(NC(=O)Nc5ccc(C(N)=O)cc5)cc4F)c3s2)n1C. The zero-order chi connectivity index (χ0) is 29.6. The monoisotopic (exact) mass is 589 g/mol. The standard InChI is InChI=1S/C29H28FN7O4S/c1-37-20(15-32-11-12-40-2)16-34-28(37)25-14-22-26(42-25)24(9-10-33-22)41-23-8-7-19(13-21(23)30)36-29(39)35-18-5-3-17(4-6-18)27(31)38/h3-10,13-14,16,32H,11-12,15H2,1-2H3,(H2,31,38)(H2,35,36,39). The molecular formula is C29H28FN7O4S. The van der Waals surface area contributed by atoms with Crippen molar-refractivity contribution in [3.8, 4) is 22.2 Å². The Morgan fingerprint density at radius 3 is 2.52 bits per heavy atom. The van der Waals surface area contributed by atoms with E-state index in [-0.39, 0.29) is 11.4 Å². The molecule has 0 radical (unpaired) electrons. The molecule has 3 aromatic heterocycles. The van der Waals surface area contributed by atoms with E-state index >= 15 is 4.39 Å². The molecule has 5 aromatic rings. The molecular weight excluding hydrogens is 561 g/mol. The maximum Gasteiger partial charge on any atom is 0.323 e. The van der Waals surface area contributed by atoms with Gasteiger partial charge >= 0.3 is 6.03 Å². The number of fused-ring (bicyclic) bond motifs is 1. The number of nitrogens with one attached hydrogen (secondary N) is 3. The van der Waals surface area contributed by atoms with Gasteiger partial charge in [0.1, 0.15) is 11.6 Å². The number of urea groups is 1. The van der Waals surface area contributed by atoms with Gasteiger partial charge in [-0.05, 0) is 42.5 Å². The molecule has 0 aliphatic heterocycles. The Bertz CT molecular complexity index is 1740. The molecule has 5 rings (SSSR count). The number of primary amides is 1. The van der Waals surface area contributed by atoms with Crippen LogP contribution in [-0.2, 0) is 18.3 Å². The fourth-order valence-electron chi connectivity index (χ4n) is 4.13. The number of carbonyl (C=O) groups is 2. The molecule has 0 fully saturated rings. The van der Waals surface area contributed by atoms with Gasteiger partial charge in [-0.25, -0.2) is 14.2 Å². The molecule has 42 heavy (non-hydrogen) atoms. The van der Waals surface area contributed by atoms with Crippen molar-refractivity contribution < 1.29 is 23.5 Å². The lowest BCUT2D eigenvalue weighted by atomic mass is 10.2. The van der Waals surface area contributed by atoms with Crippen LogP contribution in [0.4, 0.5) is 20.6 Å². The van der Waals surface area contributed by atoms with E-state index in [9.17, 15) is 9.59 Å². The van der Waals surface area contributed by atoms with E-state index < -0.39 is 17.8 Å². The van der Waals surface area contributed by atoms with E-state index in [1.54, 1.807) is 19.4 Å². The smallest absolute Gasteiger partial charge is 0.323 e. The van der Waals surface area contributed by atoms with E-state index in [1.807, 2.05) is 23.9 Å². The van der Waals surface area contributed by atoms with E-state index in [0.717, 1.165) is 27.6 Å². The van der Waals surface area contributed by atoms with Gasteiger partial charge in [-0.1, -0.05) is 0 Å². The van der Waals surface area contributed by atoms with Gasteiger partial charge in [0.05, 0.1) is 33.6 Å². The summed E-state index contributed by atoms with van der Waals surface area (Å²) in [6.07, 6.45) is 3.43. The Hall–Kier alpha value is -4.85. The number of nitrogens with two attached hydrogens (primary N) is 1. The first-order chi connectivity index (χ1) is 20.3. The fraction of sp³-hybridized carbons (Fsp3) is 0.172. The minimum Gasteiger partial charge on any atom is -0.453 e. The third kappa shape index (κ3) is 6.54. The molecule has 11 nitrogen and oxygen atoms in total. The summed E-state index contributed by atoms with van der Waals surface area (Å²) < 4.78 is 28.8. The Morgan fingerprint density at radius 1 is 1.02 bits per heavy atom. The van der Waals surface area contributed by atoms with Crippen molar-refractivity contribution in [2.75, 3.05) is 30.9 Å². The van der Waals surface area contributed by atoms with Gasteiger partial charge in [0.15, 0.2) is 11.6 Å². The number of methoxy groups -OCH3 is 1. The lowest BCUT2D eigenvalue weighted by Gasteiger charge is -2.11. The Labute approximate surface area is 244 Å². The predicted molar refractivity (Wildman–Crippen MR) is 159 cm³/mol. The summed E-state index contributed by atoms with van der Waals surface area (Å²) in [7, 11) is 3.62. The summed E-state index contributed by atoms with van der Waals surface area (Å²) in [5.74, 6) is 0.00196. The van der Waals surface area contributed by atoms with Crippen molar-refractivity contribution in [2.24, 2.45) is 12.8 Å². The zero-order valence-corrected chi connectivity index (χ0v) is 23.6. The largest absolute Gasteiger partial charge is 0.453 e. The highest BCUT2D eigenvalue weighted by Crippen LogP contribution is 2.39. The van der Waals surface area contributed by atoms with Gasteiger partial charge in [-0.3, -0.25) is 9.78 Å². The predicted octanol–water partition coefficient (Wildman–Crippen LogP) is 5.11. The van der Waals surface area contributed by atoms with E-state index in [2.05, 4.69) is 25.9 Å². The molecule has 3 amide bonds. The molecule has 3 heterocycles. The van der Waals surface area contributed by atoms with Crippen LogP contribution in [0.2, 0.25) is 0 Å². The van der Waals surface area contributed by atoms with Gasteiger partial charge in [0, 0.05) is 62.5 Å². The molecule has 0 saturated heterocycles.